The Morgan fingerprint density at radius 1 is 0.936 bits per heavy atom. The van der Waals surface area contributed by atoms with Crippen LogP contribution < -0.4 is 15.5 Å². The van der Waals surface area contributed by atoms with Crippen molar-refractivity contribution in [2.75, 3.05) is 23.4 Å². The minimum atomic E-state index is -5.34. The van der Waals surface area contributed by atoms with E-state index in [1.807, 2.05) is 19.9 Å². The van der Waals surface area contributed by atoms with Gasteiger partial charge in [0.15, 0.2) is 28.2 Å². The molecule has 2 amide bonds. The van der Waals surface area contributed by atoms with Crippen LogP contribution in [0.5, 0.6) is 0 Å². The van der Waals surface area contributed by atoms with Crippen LogP contribution in [-0.4, -0.2) is 48.8 Å². The fraction of sp³-hybridized carbons (Fsp3) is 0.406. The molecule has 6 rings (SSSR count). The number of hydrogen-bond acceptors (Lipinski definition) is 6. The van der Waals surface area contributed by atoms with Crippen molar-refractivity contribution in [3.63, 3.8) is 0 Å². The molecule has 1 atom stereocenters. The van der Waals surface area contributed by atoms with E-state index in [1.54, 1.807) is 12.3 Å². The number of anilines is 2. The molecule has 15 heteroatoms. The van der Waals surface area contributed by atoms with Crippen LogP contribution in [0.15, 0.2) is 41.4 Å². The monoisotopic (exact) mass is 681 g/mol. The molecule has 1 aromatic heterocycles. The zero-order valence-electron chi connectivity index (χ0n) is 25.8. The van der Waals surface area contributed by atoms with Crippen LogP contribution in [0.4, 0.5) is 33.3 Å². The molecule has 47 heavy (non-hydrogen) atoms. The van der Waals surface area contributed by atoms with Crippen LogP contribution in [0.1, 0.15) is 81.3 Å². The normalized spacial score (nSPS) is 18.2. The number of nitrogens with zero attached hydrogens (tertiary/aromatic N) is 3. The van der Waals surface area contributed by atoms with E-state index >= 15 is 0 Å². The number of carbonyl (C=O) groups excluding carboxylic acids is 2. The third-order valence-corrected chi connectivity index (χ3v) is 10.5. The first-order chi connectivity index (χ1) is 22.5. The average molecular weight is 682 g/mol. The number of fused-ring (bicyclic) bond motifs is 1. The van der Waals surface area contributed by atoms with Gasteiger partial charge in [0.2, 0.25) is 21.7 Å². The molecule has 254 valence electrons. The SMILES string of the molecule is CC.O=C1NCNc2cc(N(Cc3ccc(C4CCCCC4)cn3)C(=O)[C@H]3CCN3S(=O)(=O)c3c(F)c(F)c(F)c(F)c3F)ccc21.[HH]. The number of aromatic nitrogens is 1. The van der Waals surface area contributed by atoms with Crippen molar-refractivity contribution < 1.29 is 41.4 Å². The fourth-order valence-corrected chi connectivity index (χ4v) is 7.77. The van der Waals surface area contributed by atoms with E-state index in [1.165, 1.54) is 29.5 Å². The Morgan fingerprint density at radius 3 is 2.19 bits per heavy atom. The molecule has 2 N–H and O–H groups in total. The van der Waals surface area contributed by atoms with Crippen LogP contribution in [0.25, 0.3) is 0 Å². The van der Waals surface area contributed by atoms with Crippen molar-refractivity contribution in [3.05, 3.63) is 82.4 Å². The number of rotatable bonds is 7. The Hall–Kier alpha value is -4.11. The minimum absolute atomic E-state index is 0. The summed E-state index contributed by atoms with van der Waals surface area (Å²) in [4.78, 5) is 30.0. The molecule has 0 spiro atoms. The van der Waals surface area contributed by atoms with Crippen molar-refractivity contribution in [1.82, 2.24) is 14.6 Å². The number of nitrogens with one attached hydrogen (secondary N) is 2. The smallest absolute Gasteiger partial charge is 0.254 e. The standard InChI is InChI=1S/C30H28F5N5O4S.C2H6.H2/c31-23-24(32)26(34)28(27(35)25(23)33)45(43,44)40-11-10-22(40)30(42)39(19-8-9-20-21(12-19)37-15-38-29(20)41)14-18-7-6-17(13-36-18)16-4-2-1-3-5-16;1-2;/h6-9,12-13,16,22,37H,1-5,10-11,14-15H2,(H,38,41);1-2H3;1H/t22-;;/m1../s1. The van der Waals surface area contributed by atoms with Crippen molar-refractivity contribution in [3.8, 4) is 0 Å². The van der Waals surface area contributed by atoms with Gasteiger partial charge in [-0.05, 0) is 55.0 Å². The number of pyridine rings is 1. The Kier molecular flexibility index (Phi) is 10.2. The lowest BCUT2D eigenvalue weighted by atomic mass is 9.85. The van der Waals surface area contributed by atoms with Gasteiger partial charge in [-0.3, -0.25) is 14.6 Å². The number of carbonyl (C=O) groups is 2. The quantitative estimate of drug-likeness (QED) is 0.174. The van der Waals surface area contributed by atoms with Crippen LogP contribution >= 0.6 is 0 Å². The van der Waals surface area contributed by atoms with Crippen LogP contribution in [-0.2, 0) is 21.4 Å². The molecule has 1 saturated heterocycles. The maximum atomic E-state index is 14.5. The summed E-state index contributed by atoms with van der Waals surface area (Å²) in [5.41, 5.74) is 2.51. The van der Waals surface area contributed by atoms with Gasteiger partial charge < -0.3 is 15.5 Å². The maximum absolute atomic E-state index is 14.5. The van der Waals surface area contributed by atoms with Gasteiger partial charge in [0, 0.05) is 19.9 Å². The van der Waals surface area contributed by atoms with Gasteiger partial charge in [0.25, 0.3) is 5.91 Å². The fourth-order valence-electron chi connectivity index (χ4n) is 6.03. The Balaban J connectivity index is 0.00000170. The lowest BCUT2D eigenvalue weighted by molar-refractivity contribution is -0.125. The molecular weight excluding hydrogens is 645 g/mol. The summed E-state index contributed by atoms with van der Waals surface area (Å²) in [6.07, 6.45) is 7.22. The number of amides is 2. The highest BCUT2D eigenvalue weighted by Gasteiger charge is 2.48. The third-order valence-electron chi connectivity index (χ3n) is 8.59. The summed E-state index contributed by atoms with van der Waals surface area (Å²) in [6, 6.07) is 6.68. The van der Waals surface area contributed by atoms with Crippen LogP contribution in [0.3, 0.4) is 0 Å². The molecule has 0 radical (unpaired) electrons. The lowest BCUT2D eigenvalue weighted by Gasteiger charge is -2.41. The number of halogens is 5. The van der Waals surface area contributed by atoms with Gasteiger partial charge >= 0.3 is 0 Å². The minimum Gasteiger partial charge on any atom is -0.367 e. The maximum Gasteiger partial charge on any atom is 0.254 e. The molecule has 3 aliphatic rings. The highest BCUT2D eigenvalue weighted by atomic mass is 32.2. The first kappa shape index (κ1) is 34.2. The van der Waals surface area contributed by atoms with Crippen molar-refractivity contribution >= 4 is 33.2 Å². The van der Waals surface area contributed by atoms with E-state index in [4.69, 9.17) is 0 Å². The zero-order chi connectivity index (χ0) is 34.0. The van der Waals surface area contributed by atoms with Crippen molar-refractivity contribution in [2.45, 2.75) is 75.8 Å². The second kappa shape index (κ2) is 13.9. The van der Waals surface area contributed by atoms with E-state index in [0.717, 1.165) is 31.2 Å². The predicted octanol–water partition coefficient (Wildman–Crippen LogP) is 6.21. The topological polar surface area (TPSA) is 112 Å². The van der Waals surface area contributed by atoms with Crippen LogP contribution in [0, 0.1) is 29.1 Å². The number of benzene rings is 2. The summed E-state index contributed by atoms with van der Waals surface area (Å²) in [5.74, 6) is -13.1. The predicted molar refractivity (Wildman–Crippen MR) is 166 cm³/mol. The van der Waals surface area contributed by atoms with E-state index in [-0.39, 0.29) is 32.7 Å². The summed E-state index contributed by atoms with van der Waals surface area (Å²) < 4.78 is 97.5. The summed E-state index contributed by atoms with van der Waals surface area (Å²) in [5, 5.41) is 5.62. The van der Waals surface area contributed by atoms with Gasteiger partial charge in [0.05, 0.1) is 30.2 Å². The number of hydrogen-bond donors (Lipinski definition) is 2. The summed E-state index contributed by atoms with van der Waals surface area (Å²) in [7, 11) is -5.34. The molecule has 1 aliphatic carbocycles. The van der Waals surface area contributed by atoms with Crippen LogP contribution in [0.2, 0.25) is 0 Å². The van der Waals surface area contributed by atoms with E-state index in [9.17, 15) is 40.0 Å². The first-order valence-corrected chi connectivity index (χ1v) is 16.9. The molecule has 0 bridgehead atoms. The van der Waals surface area contributed by atoms with Gasteiger partial charge in [-0.15, -0.1) is 0 Å². The Morgan fingerprint density at radius 2 is 1.60 bits per heavy atom. The molecule has 3 aromatic rings. The molecular formula is C32H36F5N5O4S. The lowest BCUT2D eigenvalue weighted by Crippen LogP contribution is -2.59. The van der Waals surface area contributed by atoms with Crippen molar-refractivity contribution in [2.24, 2.45) is 0 Å². The van der Waals surface area contributed by atoms with Gasteiger partial charge in [-0.2, -0.15) is 4.31 Å². The highest BCUT2D eigenvalue weighted by molar-refractivity contribution is 7.89. The molecule has 1 saturated carbocycles. The van der Waals surface area contributed by atoms with Gasteiger partial charge in [-0.25, -0.2) is 30.4 Å². The van der Waals surface area contributed by atoms with Gasteiger partial charge in [-0.1, -0.05) is 39.2 Å². The Labute approximate surface area is 270 Å². The molecule has 0 unspecified atom stereocenters. The molecule has 3 heterocycles. The molecule has 9 nitrogen and oxygen atoms in total. The summed E-state index contributed by atoms with van der Waals surface area (Å²) in [6.45, 7) is 3.60. The Bertz CT molecular complexity index is 1760. The largest absolute Gasteiger partial charge is 0.367 e. The zero-order valence-corrected chi connectivity index (χ0v) is 26.6. The summed E-state index contributed by atoms with van der Waals surface area (Å²) >= 11 is 0. The van der Waals surface area contributed by atoms with Crippen molar-refractivity contribution in [1.29, 1.82) is 0 Å². The highest BCUT2D eigenvalue weighted by Crippen LogP contribution is 2.36. The van der Waals surface area contributed by atoms with E-state index in [2.05, 4.69) is 15.6 Å². The molecule has 2 aliphatic heterocycles. The number of sulfonamides is 1. The first-order valence-electron chi connectivity index (χ1n) is 15.4. The van der Waals surface area contributed by atoms with Gasteiger partial charge in [0.1, 0.15) is 6.04 Å². The molecule has 2 aromatic carbocycles. The second-order valence-corrected chi connectivity index (χ2v) is 13.1. The average Bonchev–Trinajstić information content (AvgIpc) is 3.06. The third kappa shape index (κ3) is 6.42. The van der Waals surface area contributed by atoms with E-state index in [0.29, 0.717) is 27.2 Å². The van der Waals surface area contributed by atoms with E-state index < -0.39 is 62.5 Å². The second-order valence-electron chi connectivity index (χ2n) is 11.3. The molecule has 2 fully saturated rings.